The van der Waals surface area contributed by atoms with Crippen LogP contribution in [-0.4, -0.2) is 15.5 Å². The van der Waals surface area contributed by atoms with Crippen molar-refractivity contribution in [2.45, 2.75) is 27.3 Å². The van der Waals surface area contributed by atoms with Crippen molar-refractivity contribution < 1.29 is 4.79 Å². The van der Waals surface area contributed by atoms with Crippen LogP contribution in [0.3, 0.4) is 0 Å². The Labute approximate surface area is 152 Å². The van der Waals surface area contributed by atoms with Gasteiger partial charge in [0.1, 0.15) is 12.4 Å². The lowest BCUT2D eigenvalue weighted by Gasteiger charge is -2.14. The van der Waals surface area contributed by atoms with Gasteiger partial charge >= 0.3 is 0 Å². The standard InChI is InChI=1S/C21H21N3O2/c1-14-8-7-11-18(16(14)3)23-19(25)13-24-20(26)12-15(2)22-21(24)17-9-5-4-6-10-17/h4-12H,13H2,1-3H3,(H,23,25). The number of benzene rings is 2. The minimum Gasteiger partial charge on any atom is -0.324 e. The number of hydrogen-bond acceptors (Lipinski definition) is 3. The highest BCUT2D eigenvalue weighted by Crippen LogP contribution is 2.19. The van der Waals surface area contributed by atoms with E-state index in [9.17, 15) is 9.59 Å². The number of nitrogens with zero attached hydrogens (tertiary/aromatic N) is 2. The predicted molar refractivity (Wildman–Crippen MR) is 103 cm³/mol. The monoisotopic (exact) mass is 347 g/mol. The minimum atomic E-state index is -0.261. The Bertz CT molecular complexity index is 1010. The topological polar surface area (TPSA) is 64.0 Å². The number of aromatic nitrogens is 2. The summed E-state index contributed by atoms with van der Waals surface area (Å²) in [6.45, 7) is 5.63. The van der Waals surface area contributed by atoms with Crippen molar-refractivity contribution in [3.8, 4) is 11.4 Å². The fraction of sp³-hybridized carbons (Fsp3) is 0.190. The third-order valence-corrected chi connectivity index (χ3v) is 4.35. The van der Waals surface area contributed by atoms with Crippen molar-refractivity contribution in [2.24, 2.45) is 0 Å². The molecule has 0 aliphatic rings. The molecule has 5 nitrogen and oxygen atoms in total. The van der Waals surface area contributed by atoms with Gasteiger partial charge in [-0.15, -0.1) is 0 Å². The molecule has 0 fully saturated rings. The second-order valence-electron chi connectivity index (χ2n) is 6.31. The molecule has 26 heavy (non-hydrogen) atoms. The normalized spacial score (nSPS) is 10.6. The van der Waals surface area contributed by atoms with Gasteiger partial charge in [-0.05, 0) is 38.0 Å². The molecule has 0 saturated carbocycles. The van der Waals surface area contributed by atoms with Crippen LogP contribution in [0.4, 0.5) is 5.69 Å². The molecule has 2 aromatic carbocycles. The summed E-state index contributed by atoms with van der Waals surface area (Å²) in [6.07, 6.45) is 0. The molecule has 1 aromatic heterocycles. The molecule has 0 aliphatic carbocycles. The Morgan fingerprint density at radius 2 is 1.77 bits per heavy atom. The summed E-state index contributed by atoms with van der Waals surface area (Å²) >= 11 is 0. The van der Waals surface area contributed by atoms with Crippen LogP contribution in [0, 0.1) is 20.8 Å². The van der Waals surface area contributed by atoms with Crippen LogP contribution in [-0.2, 0) is 11.3 Å². The van der Waals surface area contributed by atoms with Crippen LogP contribution in [0.15, 0.2) is 59.4 Å². The summed E-state index contributed by atoms with van der Waals surface area (Å²) in [6, 6.07) is 16.6. The van der Waals surface area contributed by atoms with Crippen LogP contribution in [0.25, 0.3) is 11.4 Å². The zero-order valence-electron chi connectivity index (χ0n) is 15.1. The molecule has 3 aromatic rings. The largest absolute Gasteiger partial charge is 0.324 e. The van der Waals surface area contributed by atoms with Crippen LogP contribution in [0.1, 0.15) is 16.8 Å². The average Bonchev–Trinajstić information content (AvgIpc) is 2.62. The molecule has 0 aliphatic heterocycles. The molecule has 0 unspecified atom stereocenters. The number of aryl methyl sites for hydroxylation is 2. The first-order valence-electron chi connectivity index (χ1n) is 8.45. The number of carbonyl (C=O) groups excluding carboxylic acids is 1. The molecule has 1 amide bonds. The summed E-state index contributed by atoms with van der Waals surface area (Å²) in [5.41, 5.74) is 4.05. The van der Waals surface area contributed by atoms with E-state index in [2.05, 4.69) is 10.3 Å². The number of nitrogens with one attached hydrogen (secondary N) is 1. The lowest BCUT2D eigenvalue weighted by atomic mass is 10.1. The smallest absolute Gasteiger partial charge is 0.254 e. The highest BCUT2D eigenvalue weighted by molar-refractivity contribution is 5.91. The van der Waals surface area contributed by atoms with Gasteiger partial charge in [0.15, 0.2) is 0 Å². The van der Waals surface area contributed by atoms with Crippen molar-refractivity contribution in [1.29, 1.82) is 0 Å². The van der Waals surface area contributed by atoms with E-state index in [1.54, 1.807) is 6.92 Å². The molecule has 0 bridgehead atoms. The van der Waals surface area contributed by atoms with E-state index in [1.165, 1.54) is 10.6 Å². The fourth-order valence-corrected chi connectivity index (χ4v) is 2.80. The third-order valence-electron chi connectivity index (χ3n) is 4.35. The Kier molecular flexibility index (Phi) is 4.98. The van der Waals surface area contributed by atoms with E-state index in [0.717, 1.165) is 22.4 Å². The summed E-state index contributed by atoms with van der Waals surface area (Å²) in [7, 11) is 0. The van der Waals surface area contributed by atoms with Crippen LogP contribution < -0.4 is 10.9 Å². The SMILES string of the molecule is Cc1cc(=O)n(CC(=O)Nc2cccc(C)c2C)c(-c2ccccc2)n1. The van der Waals surface area contributed by atoms with E-state index < -0.39 is 0 Å². The van der Waals surface area contributed by atoms with Crippen molar-refractivity contribution in [3.63, 3.8) is 0 Å². The van der Waals surface area contributed by atoms with Gasteiger partial charge in [0.2, 0.25) is 5.91 Å². The Morgan fingerprint density at radius 1 is 1.04 bits per heavy atom. The molecule has 0 atom stereocenters. The quantitative estimate of drug-likeness (QED) is 0.786. The maximum atomic E-state index is 12.6. The number of hydrogen-bond donors (Lipinski definition) is 1. The van der Waals surface area contributed by atoms with Gasteiger partial charge in [-0.1, -0.05) is 42.5 Å². The van der Waals surface area contributed by atoms with Gasteiger partial charge in [0, 0.05) is 23.0 Å². The summed E-state index contributed by atoms with van der Waals surface area (Å²) in [5.74, 6) is 0.232. The molecule has 132 valence electrons. The molecule has 1 heterocycles. The van der Waals surface area contributed by atoms with Crippen molar-refractivity contribution in [1.82, 2.24) is 9.55 Å². The second-order valence-corrected chi connectivity index (χ2v) is 6.31. The lowest BCUT2D eigenvalue weighted by molar-refractivity contribution is -0.116. The van der Waals surface area contributed by atoms with Gasteiger partial charge in [-0.25, -0.2) is 4.98 Å². The lowest BCUT2D eigenvalue weighted by Crippen LogP contribution is -2.29. The highest BCUT2D eigenvalue weighted by Gasteiger charge is 2.14. The van der Waals surface area contributed by atoms with E-state index in [0.29, 0.717) is 11.5 Å². The van der Waals surface area contributed by atoms with E-state index in [-0.39, 0.29) is 18.0 Å². The summed E-state index contributed by atoms with van der Waals surface area (Å²) in [4.78, 5) is 29.5. The molecule has 0 spiro atoms. The highest BCUT2D eigenvalue weighted by atomic mass is 16.2. The van der Waals surface area contributed by atoms with E-state index in [1.807, 2.05) is 62.4 Å². The number of rotatable bonds is 4. The molecule has 0 radical (unpaired) electrons. The zero-order chi connectivity index (χ0) is 18.7. The van der Waals surface area contributed by atoms with Crippen molar-refractivity contribution in [2.75, 3.05) is 5.32 Å². The molecular formula is C21H21N3O2. The molecule has 3 rings (SSSR count). The van der Waals surface area contributed by atoms with Crippen molar-refractivity contribution >= 4 is 11.6 Å². The average molecular weight is 347 g/mol. The Balaban J connectivity index is 1.93. The molecule has 5 heteroatoms. The van der Waals surface area contributed by atoms with Crippen LogP contribution in [0.2, 0.25) is 0 Å². The number of amides is 1. The first-order valence-corrected chi connectivity index (χ1v) is 8.45. The van der Waals surface area contributed by atoms with Gasteiger partial charge in [-0.2, -0.15) is 0 Å². The maximum absolute atomic E-state index is 12.6. The first kappa shape index (κ1) is 17.6. The third kappa shape index (κ3) is 3.72. The van der Waals surface area contributed by atoms with E-state index in [4.69, 9.17) is 0 Å². The first-order chi connectivity index (χ1) is 12.5. The van der Waals surface area contributed by atoms with Gasteiger partial charge in [-0.3, -0.25) is 14.2 Å². The number of anilines is 1. The maximum Gasteiger partial charge on any atom is 0.254 e. The van der Waals surface area contributed by atoms with Crippen LogP contribution in [0.5, 0.6) is 0 Å². The molecule has 1 N–H and O–H groups in total. The van der Waals surface area contributed by atoms with Crippen molar-refractivity contribution in [3.05, 3.63) is 81.8 Å². The second kappa shape index (κ2) is 7.35. The van der Waals surface area contributed by atoms with Gasteiger partial charge < -0.3 is 5.32 Å². The minimum absolute atomic E-state index is 0.0935. The predicted octanol–water partition coefficient (Wildman–Crippen LogP) is 3.47. The summed E-state index contributed by atoms with van der Waals surface area (Å²) < 4.78 is 1.41. The van der Waals surface area contributed by atoms with Gasteiger partial charge in [0.25, 0.3) is 5.56 Å². The van der Waals surface area contributed by atoms with Gasteiger partial charge in [0.05, 0.1) is 0 Å². The van der Waals surface area contributed by atoms with E-state index >= 15 is 0 Å². The summed E-state index contributed by atoms with van der Waals surface area (Å²) in [5, 5.41) is 2.89. The number of carbonyl (C=O) groups is 1. The fourth-order valence-electron chi connectivity index (χ4n) is 2.80. The van der Waals surface area contributed by atoms with Crippen LogP contribution >= 0.6 is 0 Å². The zero-order valence-corrected chi connectivity index (χ0v) is 15.1. The Hall–Kier alpha value is -3.21. The Morgan fingerprint density at radius 3 is 2.50 bits per heavy atom. The molecule has 0 saturated heterocycles. The molecular weight excluding hydrogens is 326 g/mol.